The number of carbonyl (C=O) groups is 2. The number of thiophene rings is 1. The van der Waals surface area contributed by atoms with Crippen LogP contribution in [0.3, 0.4) is 0 Å². The van der Waals surface area contributed by atoms with Crippen molar-refractivity contribution in [3.05, 3.63) is 86.1 Å². The van der Waals surface area contributed by atoms with E-state index in [4.69, 9.17) is 16.3 Å². The standard InChI is InChI=1S/C24H20ClNO4S/c1-13-4-7-16(8-5-13)26-20(23-14(2)10-11-31-23)19(22(28)24(26)29)21(27)15-6-9-17(25)18(12-15)30-3/h4-12,20,27H,1-3H3/b21-19-. The van der Waals surface area contributed by atoms with Gasteiger partial charge in [0.1, 0.15) is 17.6 Å². The van der Waals surface area contributed by atoms with Gasteiger partial charge >= 0.3 is 0 Å². The summed E-state index contributed by atoms with van der Waals surface area (Å²) in [6.07, 6.45) is 0. The van der Waals surface area contributed by atoms with Gasteiger partial charge in [-0.15, -0.1) is 11.3 Å². The van der Waals surface area contributed by atoms with Crippen molar-refractivity contribution in [3.63, 3.8) is 0 Å². The Morgan fingerprint density at radius 3 is 2.42 bits per heavy atom. The van der Waals surface area contributed by atoms with E-state index in [-0.39, 0.29) is 11.3 Å². The summed E-state index contributed by atoms with van der Waals surface area (Å²) in [5.41, 5.74) is 2.96. The number of ether oxygens (including phenoxy) is 1. The molecule has 1 amide bonds. The van der Waals surface area contributed by atoms with Crippen LogP contribution in [0.15, 0.2) is 59.5 Å². The molecule has 1 fully saturated rings. The van der Waals surface area contributed by atoms with Gasteiger partial charge in [0.25, 0.3) is 11.7 Å². The minimum atomic E-state index is -0.732. The van der Waals surface area contributed by atoms with Crippen molar-refractivity contribution < 1.29 is 19.4 Å². The number of aryl methyl sites for hydroxylation is 2. The lowest BCUT2D eigenvalue weighted by Gasteiger charge is -2.25. The van der Waals surface area contributed by atoms with E-state index < -0.39 is 17.7 Å². The first-order valence-corrected chi connectivity index (χ1v) is 10.8. The molecule has 2 aromatic carbocycles. The third-order valence-electron chi connectivity index (χ3n) is 5.33. The molecule has 1 aromatic heterocycles. The predicted octanol–water partition coefficient (Wildman–Crippen LogP) is 5.65. The van der Waals surface area contributed by atoms with Gasteiger partial charge in [0.15, 0.2) is 0 Å². The lowest BCUT2D eigenvalue weighted by Crippen LogP contribution is -2.29. The number of rotatable bonds is 4. The van der Waals surface area contributed by atoms with Gasteiger partial charge in [0.05, 0.1) is 17.7 Å². The highest BCUT2D eigenvalue weighted by molar-refractivity contribution is 7.10. The van der Waals surface area contributed by atoms with E-state index in [1.807, 2.05) is 49.6 Å². The normalized spacial score (nSPS) is 17.9. The van der Waals surface area contributed by atoms with Crippen LogP contribution in [0.1, 0.15) is 27.6 Å². The highest BCUT2D eigenvalue weighted by Gasteiger charge is 2.47. The quantitative estimate of drug-likeness (QED) is 0.315. The molecule has 0 saturated carbocycles. The summed E-state index contributed by atoms with van der Waals surface area (Å²) in [5, 5.41) is 13.5. The zero-order chi connectivity index (χ0) is 22.3. The van der Waals surface area contributed by atoms with Crippen molar-refractivity contribution in [2.75, 3.05) is 12.0 Å². The van der Waals surface area contributed by atoms with E-state index in [2.05, 4.69) is 0 Å². The second kappa shape index (κ2) is 8.21. The van der Waals surface area contributed by atoms with Gasteiger partial charge in [0.2, 0.25) is 0 Å². The summed E-state index contributed by atoms with van der Waals surface area (Å²) in [6, 6.07) is 13.3. The average Bonchev–Trinajstić information content (AvgIpc) is 3.29. The summed E-state index contributed by atoms with van der Waals surface area (Å²) in [5.74, 6) is -1.31. The molecule has 1 aliphatic heterocycles. The summed E-state index contributed by atoms with van der Waals surface area (Å²) >= 11 is 7.55. The van der Waals surface area contributed by atoms with E-state index in [9.17, 15) is 14.7 Å². The third-order valence-corrected chi connectivity index (χ3v) is 6.71. The molecule has 1 atom stereocenters. The van der Waals surface area contributed by atoms with Crippen LogP contribution in [-0.4, -0.2) is 23.9 Å². The number of Topliss-reactive ketones (excluding diaryl/α,β-unsaturated/α-hetero) is 1. The summed E-state index contributed by atoms with van der Waals surface area (Å²) in [7, 11) is 1.47. The number of aliphatic hydroxyl groups excluding tert-OH is 1. The predicted molar refractivity (Wildman–Crippen MR) is 123 cm³/mol. The van der Waals surface area contributed by atoms with E-state index in [0.29, 0.717) is 22.0 Å². The maximum atomic E-state index is 13.1. The number of carbonyl (C=O) groups excluding carboxylic acids is 2. The van der Waals surface area contributed by atoms with Crippen molar-refractivity contribution in [2.45, 2.75) is 19.9 Å². The Hall–Kier alpha value is -3.09. The Morgan fingerprint density at radius 2 is 1.81 bits per heavy atom. The van der Waals surface area contributed by atoms with Crippen LogP contribution >= 0.6 is 22.9 Å². The number of ketones is 1. The summed E-state index contributed by atoms with van der Waals surface area (Å²) in [6.45, 7) is 3.87. The smallest absolute Gasteiger partial charge is 0.300 e. The summed E-state index contributed by atoms with van der Waals surface area (Å²) in [4.78, 5) is 28.5. The number of hydrogen-bond donors (Lipinski definition) is 1. The van der Waals surface area contributed by atoms with Gasteiger partial charge in [0, 0.05) is 16.1 Å². The number of methoxy groups -OCH3 is 1. The van der Waals surface area contributed by atoms with Crippen LogP contribution in [-0.2, 0) is 9.59 Å². The molecular formula is C24H20ClNO4S. The second-order valence-electron chi connectivity index (χ2n) is 7.32. The lowest BCUT2D eigenvalue weighted by molar-refractivity contribution is -0.132. The Kier molecular flexibility index (Phi) is 5.60. The fourth-order valence-corrected chi connectivity index (χ4v) is 4.90. The number of benzene rings is 2. The number of anilines is 1. The topological polar surface area (TPSA) is 66.8 Å². The van der Waals surface area contributed by atoms with Crippen LogP contribution in [0.5, 0.6) is 5.75 Å². The fourth-order valence-electron chi connectivity index (χ4n) is 3.68. The van der Waals surface area contributed by atoms with Gasteiger partial charge in [-0.05, 0) is 61.2 Å². The van der Waals surface area contributed by atoms with Gasteiger partial charge in [-0.3, -0.25) is 14.5 Å². The zero-order valence-electron chi connectivity index (χ0n) is 17.2. The summed E-state index contributed by atoms with van der Waals surface area (Å²) < 4.78 is 5.24. The molecule has 2 heterocycles. The van der Waals surface area contributed by atoms with E-state index >= 15 is 0 Å². The Morgan fingerprint density at radius 1 is 1.10 bits per heavy atom. The Bertz CT molecular complexity index is 1210. The van der Waals surface area contributed by atoms with Gasteiger partial charge < -0.3 is 9.84 Å². The molecule has 31 heavy (non-hydrogen) atoms. The molecule has 0 spiro atoms. The fraction of sp³-hybridized carbons (Fsp3) is 0.167. The Balaban J connectivity index is 1.95. The lowest BCUT2D eigenvalue weighted by atomic mass is 9.98. The molecule has 1 unspecified atom stereocenters. The molecule has 0 bridgehead atoms. The maximum absolute atomic E-state index is 13.1. The number of hydrogen-bond acceptors (Lipinski definition) is 5. The number of amides is 1. The van der Waals surface area contributed by atoms with Crippen LogP contribution < -0.4 is 9.64 Å². The SMILES string of the molecule is COc1cc(/C(O)=C2/C(=O)C(=O)N(c3ccc(C)cc3)C2c2sccc2C)ccc1Cl. The third kappa shape index (κ3) is 3.62. The van der Waals surface area contributed by atoms with Gasteiger partial charge in [-0.2, -0.15) is 0 Å². The molecule has 5 nitrogen and oxygen atoms in total. The molecule has 1 aliphatic rings. The van der Waals surface area contributed by atoms with Crippen molar-refractivity contribution >= 4 is 46.1 Å². The second-order valence-corrected chi connectivity index (χ2v) is 8.68. The van der Waals surface area contributed by atoms with Crippen molar-refractivity contribution in [1.82, 2.24) is 0 Å². The van der Waals surface area contributed by atoms with Crippen LogP contribution in [0, 0.1) is 13.8 Å². The minimum Gasteiger partial charge on any atom is -0.507 e. The number of nitrogens with zero attached hydrogens (tertiary/aromatic N) is 1. The van der Waals surface area contributed by atoms with Crippen molar-refractivity contribution in [3.8, 4) is 5.75 Å². The number of halogens is 1. The van der Waals surface area contributed by atoms with Crippen molar-refractivity contribution in [1.29, 1.82) is 0 Å². The van der Waals surface area contributed by atoms with Gasteiger partial charge in [-0.1, -0.05) is 29.3 Å². The first kappa shape index (κ1) is 21.2. The van der Waals surface area contributed by atoms with E-state index in [1.54, 1.807) is 18.2 Å². The molecule has 1 saturated heterocycles. The monoisotopic (exact) mass is 453 g/mol. The average molecular weight is 454 g/mol. The molecule has 0 aliphatic carbocycles. The Labute approximate surface area is 189 Å². The molecule has 158 valence electrons. The molecule has 4 rings (SSSR count). The highest BCUT2D eigenvalue weighted by atomic mass is 35.5. The molecule has 3 aromatic rings. The first-order chi connectivity index (χ1) is 14.8. The minimum absolute atomic E-state index is 0.0421. The molecule has 7 heteroatoms. The first-order valence-electron chi connectivity index (χ1n) is 9.59. The molecule has 0 radical (unpaired) electrons. The largest absolute Gasteiger partial charge is 0.507 e. The van der Waals surface area contributed by atoms with Gasteiger partial charge in [-0.25, -0.2) is 0 Å². The van der Waals surface area contributed by atoms with Crippen LogP contribution in [0.4, 0.5) is 5.69 Å². The van der Waals surface area contributed by atoms with E-state index in [1.165, 1.54) is 23.3 Å². The zero-order valence-corrected chi connectivity index (χ0v) is 18.8. The van der Waals surface area contributed by atoms with E-state index in [0.717, 1.165) is 16.0 Å². The van der Waals surface area contributed by atoms with Crippen LogP contribution in [0.25, 0.3) is 5.76 Å². The molecular weight excluding hydrogens is 434 g/mol. The number of aliphatic hydroxyl groups is 1. The maximum Gasteiger partial charge on any atom is 0.300 e. The highest BCUT2D eigenvalue weighted by Crippen LogP contribution is 2.45. The molecule has 1 N–H and O–H groups in total. The van der Waals surface area contributed by atoms with Crippen molar-refractivity contribution in [2.24, 2.45) is 0 Å². The van der Waals surface area contributed by atoms with Crippen LogP contribution in [0.2, 0.25) is 5.02 Å².